The number of nitro groups is 1. The molecule has 0 amide bonds. The van der Waals surface area contributed by atoms with E-state index in [1.807, 2.05) is 0 Å². The normalized spacial score (nSPS) is 10.6. The van der Waals surface area contributed by atoms with Gasteiger partial charge in [-0.25, -0.2) is 9.37 Å². The molecule has 0 aliphatic heterocycles. The third-order valence-corrected chi connectivity index (χ3v) is 2.50. The Morgan fingerprint density at radius 3 is 2.74 bits per heavy atom. The molecular formula is C11H10F2N4O2. The summed E-state index contributed by atoms with van der Waals surface area (Å²) in [6, 6.07) is 1.41. The number of imidazole rings is 1. The van der Waals surface area contributed by atoms with Crippen molar-refractivity contribution in [3.8, 4) is 0 Å². The third-order valence-electron chi connectivity index (χ3n) is 2.50. The molecule has 0 bridgehead atoms. The minimum absolute atomic E-state index is 0.0348. The predicted octanol–water partition coefficient (Wildman–Crippen LogP) is 1.89. The topological polar surface area (TPSA) is 83.8 Å². The SMILES string of the molecule is O=[N+]([O-])c1cc(CNCc2cnc[nH]2)c(F)cc1F. The quantitative estimate of drug-likeness (QED) is 0.640. The van der Waals surface area contributed by atoms with Gasteiger partial charge in [-0.1, -0.05) is 0 Å². The van der Waals surface area contributed by atoms with Crippen LogP contribution in [0.5, 0.6) is 0 Å². The molecule has 2 rings (SSSR count). The van der Waals surface area contributed by atoms with Crippen molar-refractivity contribution in [1.29, 1.82) is 0 Å². The Hall–Kier alpha value is -2.35. The zero-order chi connectivity index (χ0) is 13.8. The molecule has 0 radical (unpaired) electrons. The Kier molecular flexibility index (Phi) is 3.81. The summed E-state index contributed by atoms with van der Waals surface area (Å²) in [4.78, 5) is 16.3. The van der Waals surface area contributed by atoms with Gasteiger partial charge in [0.2, 0.25) is 5.82 Å². The number of rotatable bonds is 5. The predicted molar refractivity (Wildman–Crippen MR) is 62.1 cm³/mol. The minimum atomic E-state index is -1.18. The number of H-pyrrole nitrogens is 1. The Bertz CT molecular complexity index is 587. The molecule has 0 saturated carbocycles. The smallest absolute Gasteiger partial charge is 0.305 e. The fraction of sp³-hybridized carbons (Fsp3) is 0.182. The monoisotopic (exact) mass is 268 g/mol. The van der Waals surface area contributed by atoms with E-state index in [-0.39, 0.29) is 12.1 Å². The zero-order valence-electron chi connectivity index (χ0n) is 9.69. The number of halogens is 2. The van der Waals surface area contributed by atoms with E-state index in [4.69, 9.17) is 0 Å². The number of nitrogens with zero attached hydrogens (tertiary/aromatic N) is 2. The summed E-state index contributed by atoms with van der Waals surface area (Å²) < 4.78 is 26.5. The van der Waals surface area contributed by atoms with E-state index in [0.717, 1.165) is 11.8 Å². The van der Waals surface area contributed by atoms with Crippen molar-refractivity contribution in [2.24, 2.45) is 0 Å². The number of hydrogen-bond donors (Lipinski definition) is 2. The number of aromatic nitrogens is 2. The summed E-state index contributed by atoms with van der Waals surface area (Å²) in [5.41, 5.74) is 0.0874. The zero-order valence-corrected chi connectivity index (χ0v) is 9.69. The third kappa shape index (κ3) is 3.10. The lowest BCUT2D eigenvalue weighted by Crippen LogP contribution is -2.14. The lowest BCUT2D eigenvalue weighted by Gasteiger charge is -2.05. The van der Waals surface area contributed by atoms with Crippen molar-refractivity contribution in [3.63, 3.8) is 0 Å². The first-order valence-corrected chi connectivity index (χ1v) is 5.38. The maximum atomic E-state index is 13.4. The van der Waals surface area contributed by atoms with Crippen LogP contribution in [0.25, 0.3) is 0 Å². The number of hydrogen-bond acceptors (Lipinski definition) is 4. The van der Waals surface area contributed by atoms with Crippen LogP contribution in [-0.4, -0.2) is 14.9 Å². The highest BCUT2D eigenvalue weighted by Crippen LogP contribution is 2.21. The molecule has 2 N–H and O–H groups in total. The largest absolute Gasteiger partial charge is 0.347 e. The van der Waals surface area contributed by atoms with Crippen LogP contribution in [0.4, 0.5) is 14.5 Å². The number of benzene rings is 1. The number of aromatic amines is 1. The van der Waals surface area contributed by atoms with E-state index in [1.54, 1.807) is 6.20 Å². The molecular weight excluding hydrogens is 258 g/mol. The van der Waals surface area contributed by atoms with Gasteiger partial charge in [0.25, 0.3) is 0 Å². The van der Waals surface area contributed by atoms with Gasteiger partial charge >= 0.3 is 5.69 Å². The van der Waals surface area contributed by atoms with Crippen molar-refractivity contribution in [1.82, 2.24) is 15.3 Å². The van der Waals surface area contributed by atoms with Crippen LogP contribution in [0, 0.1) is 21.7 Å². The molecule has 6 nitrogen and oxygen atoms in total. The van der Waals surface area contributed by atoms with E-state index in [2.05, 4.69) is 15.3 Å². The standard InChI is InChI=1S/C11H10F2N4O2/c12-9-2-10(13)11(17(18)19)1-7(9)3-14-4-8-5-15-6-16-8/h1-2,5-6,14H,3-4H2,(H,15,16). The van der Waals surface area contributed by atoms with Crippen LogP contribution < -0.4 is 5.32 Å². The molecule has 2 aromatic rings. The van der Waals surface area contributed by atoms with E-state index < -0.39 is 22.2 Å². The summed E-state index contributed by atoms with van der Waals surface area (Å²) in [6.07, 6.45) is 3.09. The summed E-state index contributed by atoms with van der Waals surface area (Å²) in [7, 11) is 0. The Morgan fingerprint density at radius 2 is 2.11 bits per heavy atom. The summed E-state index contributed by atoms with van der Waals surface area (Å²) >= 11 is 0. The lowest BCUT2D eigenvalue weighted by atomic mass is 10.1. The van der Waals surface area contributed by atoms with Crippen LogP contribution >= 0.6 is 0 Å². The molecule has 0 unspecified atom stereocenters. The first kappa shape index (κ1) is 13.1. The van der Waals surface area contributed by atoms with E-state index in [1.165, 1.54) is 6.33 Å². The van der Waals surface area contributed by atoms with Gasteiger partial charge in [0.05, 0.1) is 11.3 Å². The second-order valence-electron chi connectivity index (χ2n) is 3.83. The molecule has 0 atom stereocenters. The fourth-order valence-electron chi connectivity index (χ4n) is 1.57. The maximum absolute atomic E-state index is 13.4. The minimum Gasteiger partial charge on any atom is -0.347 e. The van der Waals surface area contributed by atoms with Crippen molar-refractivity contribution < 1.29 is 13.7 Å². The number of nitrogens with one attached hydrogen (secondary N) is 2. The molecule has 0 aliphatic carbocycles. The van der Waals surface area contributed by atoms with Gasteiger partial charge in [-0.3, -0.25) is 10.1 Å². The molecule has 1 aromatic heterocycles. The fourth-order valence-corrected chi connectivity index (χ4v) is 1.57. The van der Waals surface area contributed by atoms with Crippen LogP contribution in [0.2, 0.25) is 0 Å². The first-order valence-electron chi connectivity index (χ1n) is 5.38. The van der Waals surface area contributed by atoms with Crippen molar-refractivity contribution in [3.05, 3.63) is 57.7 Å². The van der Waals surface area contributed by atoms with Gasteiger partial charge in [-0.05, 0) is 0 Å². The molecule has 8 heteroatoms. The molecule has 1 aromatic carbocycles. The van der Waals surface area contributed by atoms with Crippen molar-refractivity contribution in [2.45, 2.75) is 13.1 Å². The first-order chi connectivity index (χ1) is 9.08. The van der Waals surface area contributed by atoms with Crippen LogP contribution in [0.1, 0.15) is 11.3 Å². The van der Waals surface area contributed by atoms with Gasteiger partial charge in [0.15, 0.2) is 0 Å². The van der Waals surface area contributed by atoms with Crippen LogP contribution in [0.3, 0.4) is 0 Å². The Balaban J connectivity index is 2.07. The molecule has 100 valence electrons. The van der Waals surface area contributed by atoms with Gasteiger partial charge in [0, 0.05) is 42.7 Å². The second-order valence-corrected chi connectivity index (χ2v) is 3.83. The average molecular weight is 268 g/mol. The van der Waals surface area contributed by atoms with Gasteiger partial charge in [-0.2, -0.15) is 4.39 Å². The Morgan fingerprint density at radius 1 is 1.32 bits per heavy atom. The summed E-state index contributed by atoms with van der Waals surface area (Å²) in [5.74, 6) is -2.00. The molecule has 1 heterocycles. The molecule has 19 heavy (non-hydrogen) atoms. The molecule has 0 fully saturated rings. The van der Waals surface area contributed by atoms with E-state index in [9.17, 15) is 18.9 Å². The summed E-state index contributed by atoms with van der Waals surface area (Å²) in [6.45, 7) is 0.441. The summed E-state index contributed by atoms with van der Waals surface area (Å²) in [5, 5.41) is 13.4. The average Bonchev–Trinajstić information content (AvgIpc) is 2.84. The van der Waals surface area contributed by atoms with Gasteiger partial charge < -0.3 is 10.3 Å². The highest BCUT2D eigenvalue weighted by Gasteiger charge is 2.18. The van der Waals surface area contributed by atoms with Crippen LogP contribution in [0.15, 0.2) is 24.7 Å². The second kappa shape index (κ2) is 5.53. The van der Waals surface area contributed by atoms with E-state index >= 15 is 0 Å². The highest BCUT2D eigenvalue weighted by atomic mass is 19.1. The van der Waals surface area contributed by atoms with Crippen LogP contribution in [-0.2, 0) is 13.1 Å². The van der Waals surface area contributed by atoms with Gasteiger partial charge in [0.1, 0.15) is 5.82 Å². The van der Waals surface area contributed by atoms with Gasteiger partial charge in [-0.15, -0.1) is 0 Å². The lowest BCUT2D eigenvalue weighted by molar-refractivity contribution is -0.387. The van der Waals surface area contributed by atoms with Crippen molar-refractivity contribution >= 4 is 5.69 Å². The van der Waals surface area contributed by atoms with E-state index in [0.29, 0.717) is 12.6 Å². The highest BCUT2D eigenvalue weighted by molar-refractivity contribution is 5.37. The molecule has 0 aliphatic rings. The Labute approximate surface area is 106 Å². The molecule has 0 saturated heterocycles. The van der Waals surface area contributed by atoms with Crippen molar-refractivity contribution in [2.75, 3.05) is 0 Å². The number of nitro benzene ring substituents is 1. The molecule has 0 spiro atoms. The maximum Gasteiger partial charge on any atom is 0.305 e.